The van der Waals surface area contributed by atoms with Gasteiger partial charge in [-0.3, -0.25) is 4.90 Å². The standard InChI is InChI=1S/C18H16ClF2N3O/c1-11(14-9-12(20)7-8-16(14)21)24(2)10-17-22-23-18(25-17)13-5-3-4-6-15(13)19/h3-9,11H,10H2,1-2H3. The fraction of sp³-hybridized carbons (Fsp3) is 0.222. The third kappa shape index (κ3) is 3.86. The van der Waals surface area contributed by atoms with Gasteiger partial charge >= 0.3 is 0 Å². The van der Waals surface area contributed by atoms with E-state index < -0.39 is 11.6 Å². The van der Waals surface area contributed by atoms with Crippen LogP contribution in [0.25, 0.3) is 11.5 Å². The van der Waals surface area contributed by atoms with Crippen LogP contribution in [0, 0.1) is 11.6 Å². The van der Waals surface area contributed by atoms with E-state index in [1.165, 1.54) is 6.07 Å². The summed E-state index contributed by atoms with van der Waals surface area (Å²) in [6.45, 7) is 2.07. The molecule has 0 spiro atoms. The van der Waals surface area contributed by atoms with E-state index in [4.69, 9.17) is 16.0 Å². The molecule has 7 heteroatoms. The van der Waals surface area contributed by atoms with Gasteiger partial charge in [0.2, 0.25) is 11.8 Å². The van der Waals surface area contributed by atoms with Gasteiger partial charge in [-0.2, -0.15) is 0 Å². The molecule has 25 heavy (non-hydrogen) atoms. The van der Waals surface area contributed by atoms with Crippen molar-refractivity contribution in [1.29, 1.82) is 0 Å². The molecule has 2 aromatic carbocycles. The topological polar surface area (TPSA) is 42.2 Å². The van der Waals surface area contributed by atoms with Gasteiger partial charge in [0.1, 0.15) is 11.6 Å². The Bertz CT molecular complexity index is 884. The van der Waals surface area contributed by atoms with Crippen LogP contribution in [0.2, 0.25) is 5.02 Å². The minimum atomic E-state index is -0.476. The zero-order valence-electron chi connectivity index (χ0n) is 13.7. The first kappa shape index (κ1) is 17.5. The molecule has 0 aliphatic rings. The van der Waals surface area contributed by atoms with E-state index in [-0.39, 0.29) is 18.2 Å². The van der Waals surface area contributed by atoms with Crippen molar-refractivity contribution in [2.75, 3.05) is 7.05 Å². The van der Waals surface area contributed by atoms with Crippen LogP contribution in [-0.4, -0.2) is 22.1 Å². The third-order valence-corrected chi connectivity index (χ3v) is 4.35. The van der Waals surface area contributed by atoms with Gasteiger partial charge in [0, 0.05) is 11.6 Å². The van der Waals surface area contributed by atoms with Crippen molar-refractivity contribution >= 4 is 11.6 Å². The first-order chi connectivity index (χ1) is 12.0. The second-order valence-electron chi connectivity index (χ2n) is 5.74. The predicted molar refractivity (Wildman–Crippen MR) is 91.0 cm³/mol. The highest BCUT2D eigenvalue weighted by atomic mass is 35.5. The summed E-state index contributed by atoms with van der Waals surface area (Å²) < 4.78 is 33.0. The highest BCUT2D eigenvalue weighted by molar-refractivity contribution is 6.33. The summed E-state index contributed by atoms with van der Waals surface area (Å²) in [4.78, 5) is 1.79. The van der Waals surface area contributed by atoms with Crippen LogP contribution in [0.1, 0.15) is 24.4 Å². The minimum absolute atomic E-state index is 0.272. The van der Waals surface area contributed by atoms with E-state index in [1.807, 2.05) is 12.1 Å². The second-order valence-corrected chi connectivity index (χ2v) is 6.14. The fourth-order valence-electron chi connectivity index (χ4n) is 2.48. The molecule has 0 bridgehead atoms. The van der Waals surface area contributed by atoms with E-state index in [1.54, 1.807) is 31.0 Å². The van der Waals surface area contributed by atoms with Crippen molar-refractivity contribution in [3.63, 3.8) is 0 Å². The minimum Gasteiger partial charge on any atom is -0.419 e. The van der Waals surface area contributed by atoms with Gasteiger partial charge in [-0.1, -0.05) is 23.7 Å². The van der Waals surface area contributed by atoms with Crippen LogP contribution in [0.15, 0.2) is 46.9 Å². The highest BCUT2D eigenvalue weighted by Crippen LogP contribution is 2.28. The molecular formula is C18H16ClF2N3O. The Morgan fingerprint density at radius 3 is 2.68 bits per heavy atom. The maximum Gasteiger partial charge on any atom is 0.249 e. The Kier molecular flexibility index (Phi) is 5.11. The molecule has 4 nitrogen and oxygen atoms in total. The first-order valence-corrected chi connectivity index (χ1v) is 8.06. The lowest BCUT2D eigenvalue weighted by Crippen LogP contribution is -2.23. The smallest absolute Gasteiger partial charge is 0.249 e. The Hall–Kier alpha value is -2.31. The van der Waals surface area contributed by atoms with Gasteiger partial charge in [-0.15, -0.1) is 10.2 Å². The van der Waals surface area contributed by atoms with E-state index >= 15 is 0 Å². The van der Waals surface area contributed by atoms with Crippen LogP contribution in [0.4, 0.5) is 8.78 Å². The Morgan fingerprint density at radius 1 is 1.16 bits per heavy atom. The first-order valence-electron chi connectivity index (χ1n) is 7.68. The molecule has 0 saturated carbocycles. The van der Waals surface area contributed by atoms with Gasteiger partial charge in [-0.25, -0.2) is 8.78 Å². The third-order valence-electron chi connectivity index (χ3n) is 4.03. The van der Waals surface area contributed by atoms with Crippen molar-refractivity contribution in [2.24, 2.45) is 0 Å². The van der Waals surface area contributed by atoms with Crippen molar-refractivity contribution in [3.05, 3.63) is 70.6 Å². The molecular weight excluding hydrogens is 348 g/mol. The average molecular weight is 364 g/mol. The fourth-order valence-corrected chi connectivity index (χ4v) is 2.70. The van der Waals surface area contributed by atoms with Crippen LogP contribution in [0.5, 0.6) is 0 Å². The van der Waals surface area contributed by atoms with E-state index in [2.05, 4.69) is 10.2 Å². The molecule has 0 amide bonds. The summed E-state index contributed by atoms with van der Waals surface area (Å²) in [5.74, 6) is -0.252. The number of hydrogen-bond donors (Lipinski definition) is 0. The van der Waals surface area contributed by atoms with Gasteiger partial charge in [0.05, 0.1) is 17.1 Å². The van der Waals surface area contributed by atoms with Crippen LogP contribution in [-0.2, 0) is 6.54 Å². The predicted octanol–water partition coefficient (Wildman–Crippen LogP) is 4.86. The van der Waals surface area contributed by atoms with Crippen molar-refractivity contribution in [2.45, 2.75) is 19.5 Å². The lowest BCUT2D eigenvalue weighted by Gasteiger charge is -2.23. The Balaban J connectivity index is 1.76. The molecule has 0 fully saturated rings. The average Bonchev–Trinajstić information content (AvgIpc) is 3.05. The van der Waals surface area contributed by atoms with E-state index in [0.717, 1.165) is 12.1 Å². The monoisotopic (exact) mass is 363 g/mol. The molecule has 3 aromatic rings. The van der Waals surface area contributed by atoms with E-state index in [9.17, 15) is 8.78 Å². The number of aromatic nitrogens is 2. The molecule has 0 aliphatic carbocycles. The molecule has 1 aromatic heterocycles. The lowest BCUT2D eigenvalue weighted by atomic mass is 10.1. The largest absolute Gasteiger partial charge is 0.419 e. The summed E-state index contributed by atoms with van der Waals surface area (Å²) in [6.07, 6.45) is 0. The second kappa shape index (κ2) is 7.29. The number of nitrogens with zero attached hydrogens (tertiary/aromatic N) is 3. The summed E-state index contributed by atoms with van der Waals surface area (Å²) in [7, 11) is 1.77. The molecule has 1 unspecified atom stereocenters. The van der Waals surface area contributed by atoms with Crippen LogP contribution in [0.3, 0.4) is 0 Å². The molecule has 0 aliphatic heterocycles. The number of rotatable bonds is 5. The van der Waals surface area contributed by atoms with Crippen LogP contribution >= 0.6 is 11.6 Å². The summed E-state index contributed by atoms with van der Waals surface area (Å²) >= 11 is 6.12. The molecule has 1 heterocycles. The van der Waals surface area contributed by atoms with Crippen molar-refractivity contribution in [3.8, 4) is 11.5 Å². The number of hydrogen-bond acceptors (Lipinski definition) is 4. The number of halogens is 3. The SMILES string of the molecule is CC(c1cc(F)ccc1F)N(C)Cc1nnc(-c2ccccc2Cl)o1. The molecule has 0 saturated heterocycles. The summed E-state index contributed by atoms with van der Waals surface area (Å²) in [5, 5.41) is 8.52. The van der Waals surface area contributed by atoms with Gasteiger partial charge < -0.3 is 4.42 Å². The zero-order valence-corrected chi connectivity index (χ0v) is 14.5. The van der Waals surface area contributed by atoms with Crippen molar-refractivity contribution < 1.29 is 13.2 Å². The highest BCUT2D eigenvalue weighted by Gasteiger charge is 2.19. The Labute approximate surface area is 149 Å². The quantitative estimate of drug-likeness (QED) is 0.649. The molecule has 1 atom stereocenters. The summed E-state index contributed by atoms with van der Waals surface area (Å²) in [5.41, 5.74) is 0.920. The van der Waals surface area contributed by atoms with Gasteiger partial charge in [0.15, 0.2) is 0 Å². The molecule has 0 N–H and O–H groups in total. The van der Waals surface area contributed by atoms with Crippen molar-refractivity contribution in [1.82, 2.24) is 15.1 Å². The molecule has 130 valence electrons. The van der Waals surface area contributed by atoms with Gasteiger partial charge in [0.25, 0.3) is 0 Å². The summed E-state index contributed by atoms with van der Waals surface area (Å²) in [6, 6.07) is 10.2. The van der Waals surface area contributed by atoms with E-state index in [0.29, 0.717) is 22.4 Å². The number of benzene rings is 2. The van der Waals surface area contributed by atoms with Crippen LogP contribution < -0.4 is 0 Å². The van der Waals surface area contributed by atoms with Gasteiger partial charge in [-0.05, 0) is 44.3 Å². The Morgan fingerprint density at radius 2 is 1.92 bits per heavy atom. The normalized spacial score (nSPS) is 12.6. The zero-order chi connectivity index (χ0) is 18.0. The molecule has 3 rings (SSSR count). The molecule has 0 radical (unpaired) electrons. The maximum absolute atomic E-state index is 13.9. The maximum atomic E-state index is 13.9. The lowest BCUT2D eigenvalue weighted by molar-refractivity contribution is 0.224.